The first-order valence-electron chi connectivity index (χ1n) is 5.08. The largest absolute Gasteiger partial charge is 0.347 e. The Morgan fingerprint density at radius 2 is 1.92 bits per heavy atom. The van der Waals surface area contributed by atoms with Gasteiger partial charge in [0.1, 0.15) is 11.9 Å². The first kappa shape index (κ1) is 12.8. The van der Waals surface area contributed by atoms with E-state index in [-0.39, 0.29) is 11.9 Å². The standard InChI is InChI=1S/C10H19ClO2/c1-3-5-6-8-9(7-4-2)10(12)13-11/h9H,3-8H2,1-2H3. The third kappa shape index (κ3) is 5.92. The average molecular weight is 207 g/mol. The summed E-state index contributed by atoms with van der Waals surface area (Å²) in [6, 6.07) is 0. The zero-order chi connectivity index (χ0) is 10.1. The molecular weight excluding hydrogens is 188 g/mol. The summed E-state index contributed by atoms with van der Waals surface area (Å²) in [7, 11) is 0. The van der Waals surface area contributed by atoms with Crippen molar-refractivity contribution in [3.8, 4) is 0 Å². The molecule has 0 fully saturated rings. The van der Waals surface area contributed by atoms with Crippen LogP contribution in [-0.4, -0.2) is 5.97 Å². The lowest BCUT2D eigenvalue weighted by Crippen LogP contribution is -2.14. The molecule has 0 saturated heterocycles. The van der Waals surface area contributed by atoms with Crippen LogP contribution in [0, 0.1) is 5.92 Å². The minimum Gasteiger partial charge on any atom is -0.347 e. The number of hydrogen-bond donors (Lipinski definition) is 0. The first-order valence-corrected chi connectivity index (χ1v) is 5.39. The number of hydrogen-bond acceptors (Lipinski definition) is 2. The Kier molecular flexibility index (Phi) is 8.21. The third-order valence-corrected chi connectivity index (χ3v) is 2.35. The molecule has 3 heteroatoms. The molecule has 0 heterocycles. The van der Waals surface area contributed by atoms with Crippen molar-refractivity contribution in [3.63, 3.8) is 0 Å². The van der Waals surface area contributed by atoms with Crippen LogP contribution < -0.4 is 0 Å². The number of halogens is 1. The van der Waals surface area contributed by atoms with E-state index in [1.807, 2.05) is 0 Å². The molecule has 13 heavy (non-hydrogen) atoms. The van der Waals surface area contributed by atoms with Crippen LogP contribution in [0.15, 0.2) is 0 Å². The monoisotopic (exact) mass is 206 g/mol. The zero-order valence-electron chi connectivity index (χ0n) is 8.51. The van der Waals surface area contributed by atoms with Gasteiger partial charge in [-0.15, -0.1) is 0 Å². The maximum absolute atomic E-state index is 11.1. The topological polar surface area (TPSA) is 26.3 Å². The Labute approximate surface area is 85.8 Å². The van der Waals surface area contributed by atoms with Gasteiger partial charge in [0.2, 0.25) is 0 Å². The summed E-state index contributed by atoms with van der Waals surface area (Å²) in [6.07, 6.45) is 6.24. The Bertz CT molecular complexity index is 137. The molecule has 0 N–H and O–H groups in total. The summed E-state index contributed by atoms with van der Waals surface area (Å²) in [4.78, 5) is 11.1. The van der Waals surface area contributed by atoms with Crippen molar-refractivity contribution < 1.29 is 9.08 Å². The van der Waals surface area contributed by atoms with E-state index in [2.05, 4.69) is 18.1 Å². The van der Waals surface area contributed by atoms with Gasteiger partial charge in [-0.25, -0.2) is 0 Å². The minimum absolute atomic E-state index is 0.00838. The molecule has 1 unspecified atom stereocenters. The summed E-state index contributed by atoms with van der Waals surface area (Å²) >= 11 is 5.05. The Hall–Kier alpha value is -0.240. The Morgan fingerprint density at radius 1 is 1.23 bits per heavy atom. The highest BCUT2D eigenvalue weighted by molar-refractivity contribution is 6.13. The van der Waals surface area contributed by atoms with Crippen LogP contribution >= 0.6 is 11.9 Å². The molecule has 0 aromatic rings. The normalized spacial score (nSPS) is 12.5. The van der Waals surface area contributed by atoms with Crippen LogP contribution in [0.3, 0.4) is 0 Å². The molecule has 2 nitrogen and oxygen atoms in total. The minimum atomic E-state index is -0.264. The van der Waals surface area contributed by atoms with Crippen molar-refractivity contribution in [1.82, 2.24) is 0 Å². The van der Waals surface area contributed by atoms with Crippen molar-refractivity contribution >= 4 is 17.8 Å². The molecule has 1 atom stereocenters. The van der Waals surface area contributed by atoms with E-state index in [1.54, 1.807) is 0 Å². The lowest BCUT2D eigenvalue weighted by atomic mass is 9.97. The van der Waals surface area contributed by atoms with Gasteiger partial charge in [-0.2, -0.15) is 0 Å². The number of unbranched alkanes of at least 4 members (excludes halogenated alkanes) is 2. The predicted molar refractivity (Wildman–Crippen MR) is 54.5 cm³/mol. The number of carbonyl (C=O) groups is 1. The van der Waals surface area contributed by atoms with Gasteiger partial charge in [0.15, 0.2) is 0 Å². The highest BCUT2D eigenvalue weighted by Crippen LogP contribution is 2.17. The van der Waals surface area contributed by atoms with Crippen LogP contribution in [-0.2, 0) is 9.08 Å². The van der Waals surface area contributed by atoms with Gasteiger partial charge in [-0.1, -0.05) is 39.5 Å². The maximum atomic E-state index is 11.1. The fourth-order valence-electron chi connectivity index (χ4n) is 1.43. The van der Waals surface area contributed by atoms with Gasteiger partial charge in [0.25, 0.3) is 0 Å². The maximum Gasteiger partial charge on any atom is 0.327 e. The molecule has 0 aliphatic carbocycles. The second kappa shape index (κ2) is 8.36. The van der Waals surface area contributed by atoms with Gasteiger partial charge in [-0.3, -0.25) is 4.79 Å². The molecule has 78 valence electrons. The third-order valence-electron chi connectivity index (χ3n) is 2.20. The summed E-state index contributed by atoms with van der Waals surface area (Å²) < 4.78 is 4.23. The average Bonchev–Trinajstić information content (AvgIpc) is 2.16. The van der Waals surface area contributed by atoms with E-state index in [1.165, 1.54) is 12.8 Å². The van der Waals surface area contributed by atoms with Gasteiger partial charge in [-0.05, 0) is 12.8 Å². The van der Waals surface area contributed by atoms with Crippen LogP contribution in [0.1, 0.15) is 52.4 Å². The van der Waals surface area contributed by atoms with Crippen molar-refractivity contribution in [1.29, 1.82) is 0 Å². The summed E-state index contributed by atoms with van der Waals surface area (Å²) in [5, 5.41) is 0. The molecule has 0 rings (SSSR count). The van der Waals surface area contributed by atoms with Crippen LogP contribution in [0.2, 0.25) is 0 Å². The fourth-order valence-corrected chi connectivity index (χ4v) is 1.56. The molecule has 0 spiro atoms. The summed E-state index contributed by atoms with van der Waals surface area (Å²) in [5.41, 5.74) is 0. The van der Waals surface area contributed by atoms with E-state index in [0.29, 0.717) is 0 Å². The van der Waals surface area contributed by atoms with E-state index >= 15 is 0 Å². The Morgan fingerprint density at radius 3 is 2.38 bits per heavy atom. The summed E-state index contributed by atoms with van der Waals surface area (Å²) in [6.45, 7) is 4.21. The fraction of sp³-hybridized carbons (Fsp3) is 0.900. The van der Waals surface area contributed by atoms with Gasteiger partial charge in [0, 0.05) is 0 Å². The molecule has 0 amide bonds. The molecule has 0 radical (unpaired) electrons. The van der Waals surface area contributed by atoms with Crippen molar-refractivity contribution in [3.05, 3.63) is 0 Å². The zero-order valence-corrected chi connectivity index (χ0v) is 9.27. The molecular formula is C10H19ClO2. The molecule has 0 bridgehead atoms. The van der Waals surface area contributed by atoms with E-state index in [9.17, 15) is 4.79 Å². The molecule has 0 aromatic heterocycles. The highest BCUT2D eigenvalue weighted by atomic mass is 35.5. The van der Waals surface area contributed by atoms with E-state index < -0.39 is 0 Å². The molecule has 0 aliphatic heterocycles. The van der Waals surface area contributed by atoms with E-state index in [4.69, 9.17) is 11.9 Å². The Balaban J connectivity index is 3.73. The van der Waals surface area contributed by atoms with Crippen molar-refractivity contribution in [2.75, 3.05) is 0 Å². The quantitative estimate of drug-likeness (QED) is 0.594. The SMILES string of the molecule is CCCCCC(CCC)C(=O)OCl. The number of carbonyl (C=O) groups excluding carboxylic acids is 1. The second-order valence-electron chi connectivity index (χ2n) is 3.38. The van der Waals surface area contributed by atoms with Crippen molar-refractivity contribution in [2.45, 2.75) is 52.4 Å². The van der Waals surface area contributed by atoms with Gasteiger partial charge < -0.3 is 4.29 Å². The van der Waals surface area contributed by atoms with Crippen molar-refractivity contribution in [2.24, 2.45) is 5.92 Å². The smallest absolute Gasteiger partial charge is 0.327 e. The second-order valence-corrected chi connectivity index (χ2v) is 3.53. The van der Waals surface area contributed by atoms with Crippen LogP contribution in [0.4, 0.5) is 0 Å². The molecule has 0 aromatic carbocycles. The van der Waals surface area contributed by atoms with Crippen LogP contribution in [0.25, 0.3) is 0 Å². The van der Waals surface area contributed by atoms with Crippen LogP contribution in [0.5, 0.6) is 0 Å². The predicted octanol–water partition coefficient (Wildman–Crippen LogP) is 3.68. The van der Waals surface area contributed by atoms with Gasteiger partial charge >= 0.3 is 5.97 Å². The van der Waals surface area contributed by atoms with Gasteiger partial charge in [0.05, 0.1) is 5.92 Å². The highest BCUT2D eigenvalue weighted by Gasteiger charge is 2.18. The molecule has 0 saturated carbocycles. The number of rotatable bonds is 7. The first-order chi connectivity index (χ1) is 6.26. The van der Waals surface area contributed by atoms with E-state index in [0.717, 1.165) is 25.7 Å². The lowest BCUT2D eigenvalue weighted by Gasteiger charge is -2.11. The lowest BCUT2D eigenvalue weighted by molar-refractivity contribution is -0.139. The molecule has 0 aliphatic rings. The summed E-state index contributed by atoms with van der Waals surface area (Å²) in [5.74, 6) is -0.256.